The van der Waals surface area contributed by atoms with Gasteiger partial charge < -0.3 is 0 Å². The van der Waals surface area contributed by atoms with E-state index in [1.54, 1.807) is 0 Å². The van der Waals surface area contributed by atoms with Crippen LogP contribution in [0.5, 0.6) is 0 Å². The molecule has 150 valence electrons. The molecule has 0 spiro atoms. The Labute approximate surface area is 169 Å². The molecular formula is C24H35N4+. The zero-order chi connectivity index (χ0) is 19.0. The first-order chi connectivity index (χ1) is 13.7. The van der Waals surface area contributed by atoms with Crippen LogP contribution in [0.3, 0.4) is 0 Å². The monoisotopic (exact) mass is 379 g/mol. The number of rotatable bonds is 8. The molecule has 4 bridgehead atoms. The number of hydrogen-bond donors (Lipinski definition) is 0. The number of aromatic nitrogens is 4. The molecule has 0 N–H and O–H groups in total. The maximum Gasteiger partial charge on any atom is 0.257 e. The molecule has 4 heteroatoms. The van der Waals surface area contributed by atoms with E-state index in [0.717, 1.165) is 37.3 Å². The van der Waals surface area contributed by atoms with Crippen molar-refractivity contribution >= 4 is 0 Å². The molecule has 4 aliphatic rings. The van der Waals surface area contributed by atoms with Crippen molar-refractivity contribution in [2.75, 3.05) is 0 Å². The maximum atomic E-state index is 4.61. The molecule has 4 fully saturated rings. The summed E-state index contributed by atoms with van der Waals surface area (Å²) in [4.78, 5) is 0. The minimum atomic E-state index is 0.537. The number of unbranched alkanes of at least 4 members (excludes halogenated alkanes) is 1. The Morgan fingerprint density at radius 3 is 2.36 bits per heavy atom. The molecule has 0 radical (unpaired) electrons. The summed E-state index contributed by atoms with van der Waals surface area (Å²) in [5.41, 5.74) is 1.92. The van der Waals surface area contributed by atoms with Gasteiger partial charge in [-0.05, 0) is 73.7 Å². The van der Waals surface area contributed by atoms with Crippen LogP contribution in [0.2, 0.25) is 0 Å². The number of nitrogens with zero attached hydrogens (tertiary/aromatic N) is 4. The predicted molar refractivity (Wildman–Crippen MR) is 110 cm³/mol. The smallest absolute Gasteiger partial charge is 0.137 e. The van der Waals surface area contributed by atoms with Gasteiger partial charge in [-0.15, -0.1) is 4.68 Å². The van der Waals surface area contributed by atoms with E-state index in [4.69, 9.17) is 0 Å². The van der Waals surface area contributed by atoms with E-state index in [1.807, 2.05) is 0 Å². The van der Waals surface area contributed by atoms with Crippen LogP contribution in [0.25, 0.3) is 0 Å². The van der Waals surface area contributed by atoms with Crippen LogP contribution in [-0.4, -0.2) is 15.1 Å². The largest absolute Gasteiger partial charge is 0.257 e. The number of tetrazole rings is 1. The van der Waals surface area contributed by atoms with Crippen molar-refractivity contribution in [3.63, 3.8) is 0 Å². The molecule has 28 heavy (non-hydrogen) atoms. The highest BCUT2D eigenvalue weighted by Crippen LogP contribution is 2.60. The van der Waals surface area contributed by atoms with Gasteiger partial charge >= 0.3 is 0 Å². The second-order valence-corrected chi connectivity index (χ2v) is 10.0. The molecule has 0 amide bonds. The number of benzene rings is 1. The molecule has 0 atom stereocenters. The third kappa shape index (κ3) is 3.62. The fourth-order valence-electron chi connectivity index (χ4n) is 6.89. The van der Waals surface area contributed by atoms with Crippen molar-refractivity contribution < 1.29 is 4.68 Å². The Hall–Kier alpha value is -1.71. The molecule has 4 aliphatic carbocycles. The Balaban J connectivity index is 1.38. The van der Waals surface area contributed by atoms with Gasteiger partial charge in [0.15, 0.2) is 5.21 Å². The highest BCUT2D eigenvalue weighted by Gasteiger charge is 2.52. The van der Waals surface area contributed by atoms with Crippen molar-refractivity contribution in [2.45, 2.75) is 84.2 Å². The first-order valence-corrected chi connectivity index (χ1v) is 11.6. The normalized spacial score (nSPS) is 30.8. The minimum absolute atomic E-state index is 0.537. The molecule has 4 saturated carbocycles. The zero-order valence-electron chi connectivity index (χ0n) is 17.4. The average molecular weight is 380 g/mol. The molecule has 4 nitrogen and oxygen atoms in total. The van der Waals surface area contributed by atoms with Crippen LogP contribution in [0.4, 0.5) is 0 Å². The summed E-state index contributed by atoms with van der Waals surface area (Å²) in [6, 6.07) is 10.8. The number of hydrogen-bond acceptors (Lipinski definition) is 2. The quantitative estimate of drug-likeness (QED) is 0.639. The van der Waals surface area contributed by atoms with Gasteiger partial charge in [-0.2, -0.15) is 0 Å². The summed E-state index contributed by atoms with van der Waals surface area (Å²) in [5, 5.41) is 9.21. The molecule has 1 aromatic heterocycles. The second kappa shape index (κ2) is 7.61. The fourth-order valence-corrected chi connectivity index (χ4v) is 6.89. The summed E-state index contributed by atoms with van der Waals surface area (Å²) in [6.45, 7) is 4.22. The summed E-state index contributed by atoms with van der Waals surface area (Å²) in [7, 11) is 0. The van der Waals surface area contributed by atoms with Crippen LogP contribution in [-0.2, 0) is 25.9 Å². The molecular weight excluding hydrogens is 344 g/mol. The Bertz CT molecular complexity index is 759. The van der Waals surface area contributed by atoms with Gasteiger partial charge in [-0.3, -0.25) is 0 Å². The molecule has 2 aromatic rings. The van der Waals surface area contributed by atoms with E-state index in [9.17, 15) is 0 Å². The van der Waals surface area contributed by atoms with Crippen molar-refractivity contribution in [1.29, 1.82) is 0 Å². The van der Waals surface area contributed by atoms with Gasteiger partial charge in [0.2, 0.25) is 0 Å². The van der Waals surface area contributed by atoms with E-state index in [-0.39, 0.29) is 0 Å². The summed E-state index contributed by atoms with van der Waals surface area (Å²) in [5.74, 6) is 4.41. The summed E-state index contributed by atoms with van der Waals surface area (Å²) < 4.78 is 4.48. The number of aryl methyl sites for hydroxylation is 3. The van der Waals surface area contributed by atoms with Crippen LogP contribution in [0, 0.1) is 23.2 Å². The molecule has 0 saturated heterocycles. The lowest BCUT2D eigenvalue weighted by molar-refractivity contribution is -0.762. The Kier molecular flexibility index (Phi) is 4.98. The van der Waals surface area contributed by atoms with Crippen LogP contribution < -0.4 is 4.68 Å². The van der Waals surface area contributed by atoms with Gasteiger partial charge in [0.25, 0.3) is 5.82 Å². The molecule has 1 aromatic carbocycles. The SMILES string of the molecule is CCCC[n+]1nnn(CCc2ccccc2)c1CC12CC3CC(CC(C3)C1)C2. The summed E-state index contributed by atoms with van der Waals surface area (Å²) in [6.07, 6.45) is 13.5. The Morgan fingerprint density at radius 1 is 1.04 bits per heavy atom. The third-order valence-corrected chi connectivity index (χ3v) is 7.73. The topological polar surface area (TPSA) is 34.6 Å². The summed E-state index contributed by atoms with van der Waals surface area (Å²) >= 11 is 0. The second-order valence-electron chi connectivity index (χ2n) is 10.0. The van der Waals surface area contributed by atoms with Gasteiger partial charge in [0.05, 0.1) is 6.54 Å². The van der Waals surface area contributed by atoms with Gasteiger partial charge in [-0.25, -0.2) is 0 Å². The molecule has 6 rings (SSSR count). The molecule has 0 unspecified atom stereocenters. The highest BCUT2D eigenvalue weighted by molar-refractivity contribution is 5.14. The van der Waals surface area contributed by atoms with Crippen LogP contribution >= 0.6 is 0 Å². The fraction of sp³-hybridized carbons (Fsp3) is 0.708. The highest BCUT2D eigenvalue weighted by atomic mass is 15.6. The zero-order valence-corrected chi connectivity index (χ0v) is 17.4. The first-order valence-electron chi connectivity index (χ1n) is 11.6. The van der Waals surface area contributed by atoms with E-state index in [0.29, 0.717) is 5.41 Å². The van der Waals surface area contributed by atoms with Gasteiger partial charge in [0.1, 0.15) is 11.8 Å². The van der Waals surface area contributed by atoms with Crippen LogP contribution in [0.1, 0.15) is 69.7 Å². The van der Waals surface area contributed by atoms with E-state index < -0.39 is 0 Å². The average Bonchev–Trinajstić information content (AvgIpc) is 3.05. The maximum absolute atomic E-state index is 4.61. The molecule has 1 heterocycles. The van der Waals surface area contributed by atoms with Crippen molar-refractivity contribution in [2.24, 2.45) is 23.2 Å². The predicted octanol–water partition coefficient (Wildman–Crippen LogP) is 4.37. The van der Waals surface area contributed by atoms with Crippen molar-refractivity contribution in [1.82, 2.24) is 15.1 Å². The van der Waals surface area contributed by atoms with E-state index in [1.165, 1.54) is 69.2 Å². The van der Waals surface area contributed by atoms with Crippen LogP contribution in [0.15, 0.2) is 30.3 Å². The third-order valence-electron chi connectivity index (χ3n) is 7.73. The van der Waals surface area contributed by atoms with E-state index in [2.05, 4.69) is 57.0 Å². The van der Waals surface area contributed by atoms with Crippen molar-refractivity contribution in [3.8, 4) is 0 Å². The van der Waals surface area contributed by atoms with Crippen molar-refractivity contribution in [3.05, 3.63) is 41.7 Å². The minimum Gasteiger partial charge on any atom is -0.137 e. The van der Waals surface area contributed by atoms with Gasteiger partial charge in [0, 0.05) is 12.8 Å². The van der Waals surface area contributed by atoms with E-state index >= 15 is 0 Å². The first kappa shape index (κ1) is 18.3. The lowest BCUT2D eigenvalue weighted by Gasteiger charge is -2.56. The lowest BCUT2D eigenvalue weighted by atomic mass is 9.49. The molecule has 0 aliphatic heterocycles. The Morgan fingerprint density at radius 2 is 1.71 bits per heavy atom. The standard InChI is InChI=1S/C24H35N4/c1-2-3-10-27-23(28(26-25-27)11-9-19-7-5-4-6-8-19)18-24-15-20-12-21(16-24)14-22(13-20)17-24/h4-8,20-22H,2-3,9-18H2,1H3/q+1. The lowest BCUT2D eigenvalue weighted by Crippen LogP contribution is -2.50. The van der Waals surface area contributed by atoms with Gasteiger partial charge in [-0.1, -0.05) is 48.4 Å².